The standard InChI is InChI=1S/C31H31N5OS/c1-22-29(30(37)36(34(22)2)25-17-8-5-9-18-25)32-31-35(33-24-15-6-3-4-7-16-24)28(21-38-31)27-20-12-14-23-13-10-11-19-26(23)27/h5,8-14,17-21H,3-4,6-7,15-16H2,1-2H3. The van der Waals surface area contributed by atoms with E-state index in [-0.39, 0.29) is 5.56 Å². The van der Waals surface area contributed by atoms with Crippen LogP contribution in [0.1, 0.15) is 44.2 Å². The van der Waals surface area contributed by atoms with Crippen LogP contribution in [0, 0.1) is 6.92 Å². The van der Waals surface area contributed by atoms with E-state index in [9.17, 15) is 4.79 Å². The molecule has 7 heteroatoms. The van der Waals surface area contributed by atoms with Gasteiger partial charge in [0.15, 0.2) is 5.69 Å². The van der Waals surface area contributed by atoms with Crippen LogP contribution in [0.25, 0.3) is 27.7 Å². The molecule has 5 aromatic rings. The third-order valence-electron chi connectivity index (χ3n) is 7.40. The number of aromatic nitrogens is 3. The number of thiazole rings is 1. The van der Waals surface area contributed by atoms with Crippen molar-refractivity contribution in [2.24, 2.45) is 17.1 Å². The van der Waals surface area contributed by atoms with Gasteiger partial charge in [0, 0.05) is 23.7 Å². The third kappa shape index (κ3) is 4.47. The van der Waals surface area contributed by atoms with Crippen molar-refractivity contribution in [3.63, 3.8) is 0 Å². The highest BCUT2D eigenvalue weighted by atomic mass is 32.1. The van der Waals surface area contributed by atoms with E-state index in [1.165, 1.54) is 53.5 Å². The fraction of sp³-hybridized carbons (Fsp3) is 0.258. The zero-order valence-electron chi connectivity index (χ0n) is 21.8. The zero-order chi connectivity index (χ0) is 26.1. The third-order valence-corrected chi connectivity index (χ3v) is 8.22. The summed E-state index contributed by atoms with van der Waals surface area (Å²) in [4.78, 5) is 19.3. The fourth-order valence-electron chi connectivity index (χ4n) is 5.26. The van der Waals surface area contributed by atoms with Crippen molar-refractivity contribution in [1.82, 2.24) is 14.0 Å². The molecule has 3 aromatic carbocycles. The van der Waals surface area contributed by atoms with E-state index < -0.39 is 0 Å². The minimum atomic E-state index is -0.134. The summed E-state index contributed by atoms with van der Waals surface area (Å²) < 4.78 is 5.53. The Bertz CT molecular complexity index is 1750. The first-order valence-corrected chi connectivity index (χ1v) is 14.1. The lowest BCUT2D eigenvalue weighted by Crippen LogP contribution is -2.20. The van der Waals surface area contributed by atoms with Gasteiger partial charge in [-0.25, -0.2) is 14.4 Å². The number of nitrogens with zero attached hydrogens (tertiary/aromatic N) is 5. The Kier molecular flexibility index (Phi) is 6.68. The molecule has 0 N–H and O–H groups in total. The molecule has 6 rings (SSSR count). The van der Waals surface area contributed by atoms with Crippen LogP contribution in [-0.2, 0) is 7.05 Å². The molecule has 1 saturated carbocycles. The van der Waals surface area contributed by atoms with Crippen molar-refractivity contribution >= 4 is 33.5 Å². The number of benzene rings is 3. The predicted molar refractivity (Wildman–Crippen MR) is 157 cm³/mol. The monoisotopic (exact) mass is 521 g/mol. The van der Waals surface area contributed by atoms with Gasteiger partial charge in [0.25, 0.3) is 5.56 Å². The van der Waals surface area contributed by atoms with Gasteiger partial charge in [0.05, 0.1) is 17.1 Å². The van der Waals surface area contributed by atoms with Crippen molar-refractivity contribution in [1.29, 1.82) is 0 Å². The van der Waals surface area contributed by atoms with Crippen molar-refractivity contribution < 1.29 is 0 Å². The normalized spacial score (nSPS) is 14.7. The first-order chi connectivity index (χ1) is 18.6. The van der Waals surface area contributed by atoms with Gasteiger partial charge in [-0.2, -0.15) is 5.10 Å². The molecule has 38 heavy (non-hydrogen) atoms. The van der Waals surface area contributed by atoms with Crippen LogP contribution >= 0.6 is 11.3 Å². The van der Waals surface area contributed by atoms with E-state index in [1.54, 1.807) is 4.68 Å². The largest absolute Gasteiger partial charge is 0.297 e. The number of hydrogen-bond acceptors (Lipinski definition) is 4. The molecule has 192 valence electrons. The van der Waals surface area contributed by atoms with Crippen LogP contribution in [0.15, 0.2) is 93.1 Å². The molecular formula is C31H31N5OS. The van der Waals surface area contributed by atoms with Crippen molar-refractivity contribution in [2.75, 3.05) is 0 Å². The second-order valence-electron chi connectivity index (χ2n) is 9.84. The molecule has 0 unspecified atom stereocenters. The van der Waals surface area contributed by atoms with E-state index in [0.717, 1.165) is 35.5 Å². The van der Waals surface area contributed by atoms with Crippen LogP contribution in [0.3, 0.4) is 0 Å². The lowest BCUT2D eigenvalue weighted by Gasteiger charge is -2.09. The Hall–Kier alpha value is -3.97. The van der Waals surface area contributed by atoms with E-state index in [0.29, 0.717) is 10.5 Å². The van der Waals surface area contributed by atoms with Crippen molar-refractivity contribution in [2.45, 2.75) is 45.4 Å². The average Bonchev–Trinajstić information content (AvgIpc) is 3.27. The summed E-state index contributed by atoms with van der Waals surface area (Å²) >= 11 is 1.53. The second-order valence-corrected chi connectivity index (χ2v) is 10.7. The first kappa shape index (κ1) is 24.4. The van der Waals surface area contributed by atoms with Crippen LogP contribution < -0.4 is 10.4 Å². The Morgan fingerprint density at radius 1 is 0.842 bits per heavy atom. The van der Waals surface area contributed by atoms with Gasteiger partial charge in [-0.15, -0.1) is 11.3 Å². The number of fused-ring (bicyclic) bond motifs is 1. The highest BCUT2D eigenvalue weighted by molar-refractivity contribution is 7.07. The molecule has 0 saturated heterocycles. The second kappa shape index (κ2) is 10.4. The number of hydrogen-bond donors (Lipinski definition) is 0. The van der Waals surface area contributed by atoms with Crippen LogP contribution in [0.2, 0.25) is 0 Å². The van der Waals surface area contributed by atoms with Crippen molar-refractivity contribution in [3.05, 3.63) is 99.0 Å². The quantitative estimate of drug-likeness (QED) is 0.236. The topological polar surface area (TPSA) is 56.6 Å². The zero-order valence-corrected chi connectivity index (χ0v) is 22.6. The summed E-state index contributed by atoms with van der Waals surface area (Å²) in [6, 6.07) is 24.5. The molecular weight excluding hydrogens is 490 g/mol. The van der Waals surface area contributed by atoms with Crippen molar-refractivity contribution in [3.8, 4) is 16.9 Å². The summed E-state index contributed by atoms with van der Waals surface area (Å²) in [6.07, 6.45) is 6.84. The van der Waals surface area contributed by atoms with Crippen LogP contribution in [-0.4, -0.2) is 19.8 Å². The molecule has 0 aliphatic heterocycles. The maximum atomic E-state index is 13.6. The average molecular weight is 522 g/mol. The maximum absolute atomic E-state index is 13.6. The minimum absolute atomic E-state index is 0.134. The van der Waals surface area contributed by atoms with E-state index in [4.69, 9.17) is 10.1 Å². The van der Waals surface area contributed by atoms with E-state index in [2.05, 4.69) is 47.8 Å². The maximum Gasteiger partial charge on any atom is 0.297 e. The fourth-order valence-corrected chi connectivity index (χ4v) is 6.09. The predicted octanol–water partition coefficient (Wildman–Crippen LogP) is 6.96. The molecule has 1 aliphatic rings. The molecule has 2 heterocycles. The molecule has 0 spiro atoms. The van der Waals surface area contributed by atoms with Gasteiger partial charge in [-0.3, -0.25) is 9.48 Å². The van der Waals surface area contributed by atoms with Crippen LogP contribution in [0.5, 0.6) is 0 Å². The molecule has 1 aliphatic carbocycles. The SMILES string of the molecule is Cc1c(N=c2scc(-c3cccc4ccccc34)n2N=C2CCCCCC2)c(=O)n(-c2ccccc2)n1C. The molecule has 1 fully saturated rings. The Balaban J connectivity index is 1.58. The molecule has 0 radical (unpaired) electrons. The highest BCUT2D eigenvalue weighted by Gasteiger charge is 2.18. The Labute approximate surface area is 225 Å². The Morgan fingerprint density at radius 2 is 1.55 bits per heavy atom. The summed E-state index contributed by atoms with van der Waals surface area (Å²) in [5.74, 6) is 0. The summed E-state index contributed by atoms with van der Waals surface area (Å²) in [5.41, 5.74) is 5.26. The number of rotatable bonds is 4. The number of para-hydroxylation sites is 1. The van der Waals surface area contributed by atoms with Gasteiger partial charge < -0.3 is 0 Å². The lowest BCUT2D eigenvalue weighted by molar-refractivity contribution is 0.630. The molecule has 0 amide bonds. The summed E-state index contributed by atoms with van der Waals surface area (Å²) in [7, 11) is 1.90. The molecule has 0 atom stereocenters. The summed E-state index contributed by atoms with van der Waals surface area (Å²) in [5, 5.41) is 9.68. The molecule has 0 bridgehead atoms. The van der Waals surface area contributed by atoms with Gasteiger partial charge in [-0.05, 0) is 55.5 Å². The van der Waals surface area contributed by atoms with E-state index >= 15 is 0 Å². The van der Waals surface area contributed by atoms with Crippen LogP contribution in [0.4, 0.5) is 5.69 Å². The minimum Gasteiger partial charge on any atom is -0.283 e. The smallest absolute Gasteiger partial charge is 0.283 e. The van der Waals surface area contributed by atoms with Gasteiger partial charge >= 0.3 is 0 Å². The van der Waals surface area contributed by atoms with Gasteiger partial charge in [-0.1, -0.05) is 73.5 Å². The highest BCUT2D eigenvalue weighted by Crippen LogP contribution is 2.30. The van der Waals surface area contributed by atoms with E-state index in [1.807, 2.05) is 53.7 Å². The molecule has 2 aromatic heterocycles. The first-order valence-electron chi connectivity index (χ1n) is 13.3. The van der Waals surface area contributed by atoms with Gasteiger partial charge in [0.2, 0.25) is 4.80 Å². The van der Waals surface area contributed by atoms with Gasteiger partial charge in [0.1, 0.15) is 0 Å². The Morgan fingerprint density at radius 3 is 2.34 bits per heavy atom. The lowest BCUT2D eigenvalue weighted by atomic mass is 10.0. The summed E-state index contributed by atoms with van der Waals surface area (Å²) in [6.45, 7) is 1.94. The molecule has 6 nitrogen and oxygen atoms in total.